The van der Waals surface area contributed by atoms with E-state index < -0.39 is 0 Å². The molecule has 0 radical (unpaired) electrons. The lowest BCUT2D eigenvalue weighted by molar-refractivity contribution is 0.738. The van der Waals surface area contributed by atoms with E-state index in [-0.39, 0.29) is 0 Å². The Labute approximate surface area is 91.1 Å². The van der Waals surface area contributed by atoms with E-state index in [2.05, 4.69) is 23.8 Å². The van der Waals surface area contributed by atoms with E-state index in [1.165, 1.54) is 23.4 Å². The molecule has 2 rings (SSSR count). The standard InChI is InChI=1S/C12H19N3/c1-8(2)12-14-10-5-3-4-9(10)11(15-12)6-7-13/h8H,3-7,13H2,1-2H3. The molecule has 1 aromatic heterocycles. The van der Waals surface area contributed by atoms with Crippen molar-refractivity contribution in [3.63, 3.8) is 0 Å². The monoisotopic (exact) mass is 205 g/mol. The third-order valence-electron chi connectivity index (χ3n) is 2.93. The third kappa shape index (κ3) is 2.02. The molecule has 0 bridgehead atoms. The first kappa shape index (κ1) is 10.6. The van der Waals surface area contributed by atoms with Crippen molar-refractivity contribution < 1.29 is 0 Å². The molecule has 0 unspecified atom stereocenters. The lowest BCUT2D eigenvalue weighted by Crippen LogP contribution is -2.11. The van der Waals surface area contributed by atoms with Crippen molar-refractivity contribution >= 4 is 0 Å². The van der Waals surface area contributed by atoms with Crippen molar-refractivity contribution in [2.75, 3.05) is 6.54 Å². The van der Waals surface area contributed by atoms with Gasteiger partial charge in [0.2, 0.25) is 0 Å². The van der Waals surface area contributed by atoms with Gasteiger partial charge in [0, 0.05) is 23.7 Å². The van der Waals surface area contributed by atoms with Gasteiger partial charge in [0.25, 0.3) is 0 Å². The molecule has 0 saturated heterocycles. The van der Waals surface area contributed by atoms with Crippen LogP contribution in [0, 0.1) is 0 Å². The zero-order chi connectivity index (χ0) is 10.8. The predicted molar refractivity (Wildman–Crippen MR) is 60.9 cm³/mol. The molecule has 0 atom stereocenters. The van der Waals surface area contributed by atoms with Crippen LogP contribution in [0.4, 0.5) is 0 Å². The fraction of sp³-hybridized carbons (Fsp3) is 0.667. The number of fused-ring (bicyclic) bond motifs is 1. The topological polar surface area (TPSA) is 51.8 Å². The van der Waals surface area contributed by atoms with Gasteiger partial charge in [0.1, 0.15) is 5.82 Å². The molecule has 1 aliphatic rings. The van der Waals surface area contributed by atoms with Crippen LogP contribution in [0.15, 0.2) is 0 Å². The number of hydrogen-bond donors (Lipinski definition) is 1. The van der Waals surface area contributed by atoms with Crippen LogP contribution in [-0.4, -0.2) is 16.5 Å². The third-order valence-corrected chi connectivity index (χ3v) is 2.93. The second-order valence-corrected chi connectivity index (χ2v) is 4.50. The van der Waals surface area contributed by atoms with Crippen LogP contribution in [0.2, 0.25) is 0 Å². The van der Waals surface area contributed by atoms with Crippen LogP contribution in [0.25, 0.3) is 0 Å². The molecule has 82 valence electrons. The summed E-state index contributed by atoms with van der Waals surface area (Å²) in [5, 5.41) is 0. The van der Waals surface area contributed by atoms with Gasteiger partial charge in [0.15, 0.2) is 0 Å². The smallest absolute Gasteiger partial charge is 0.131 e. The molecule has 15 heavy (non-hydrogen) atoms. The highest BCUT2D eigenvalue weighted by molar-refractivity contribution is 5.30. The molecular formula is C12H19N3. The van der Waals surface area contributed by atoms with E-state index in [1.54, 1.807) is 0 Å². The van der Waals surface area contributed by atoms with Gasteiger partial charge < -0.3 is 5.73 Å². The number of rotatable bonds is 3. The summed E-state index contributed by atoms with van der Waals surface area (Å²) in [4.78, 5) is 9.29. The van der Waals surface area contributed by atoms with Crippen molar-refractivity contribution in [3.05, 3.63) is 22.8 Å². The maximum atomic E-state index is 5.62. The summed E-state index contributed by atoms with van der Waals surface area (Å²) in [5.74, 6) is 1.39. The number of hydrogen-bond acceptors (Lipinski definition) is 3. The number of aromatic nitrogens is 2. The Balaban J connectivity index is 2.43. The van der Waals surface area contributed by atoms with Crippen molar-refractivity contribution in [1.29, 1.82) is 0 Å². The molecule has 0 spiro atoms. The molecule has 1 heterocycles. The minimum Gasteiger partial charge on any atom is -0.330 e. The molecule has 0 aromatic carbocycles. The first-order valence-electron chi connectivity index (χ1n) is 5.81. The molecule has 1 aliphatic carbocycles. The highest BCUT2D eigenvalue weighted by atomic mass is 14.9. The normalized spacial score (nSPS) is 14.7. The van der Waals surface area contributed by atoms with Crippen LogP contribution >= 0.6 is 0 Å². The van der Waals surface area contributed by atoms with Crippen LogP contribution in [0.1, 0.15) is 49.0 Å². The number of nitrogens with zero attached hydrogens (tertiary/aromatic N) is 2. The molecule has 2 N–H and O–H groups in total. The molecule has 0 fully saturated rings. The summed E-state index contributed by atoms with van der Waals surface area (Å²) in [6, 6.07) is 0. The van der Waals surface area contributed by atoms with Crippen molar-refractivity contribution in [2.45, 2.75) is 45.4 Å². The van der Waals surface area contributed by atoms with Gasteiger partial charge >= 0.3 is 0 Å². The Hall–Kier alpha value is -0.960. The zero-order valence-electron chi connectivity index (χ0n) is 9.58. The van der Waals surface area contributed by atoms with Crippen molar-refractivity contribution in [3.8, 4) is 0 Å². The Bertz CT molecular complexity index is 358. The van der Waals surface area contributed by atoms with Gasteiger partial charge in [0.05, 0.1) is 0 Å². The summed E-state index contributed by atoms with van der Waals surface area (Å²) in [6.07, 6.45) is 4.38. The Kier molecular flexibility index (Phi) is 3.00. The number of aryl methyl sites for hydroxylation is 1. The van der Waals surface area contributed by atoms with Gasteiger partial charge in [-0.25, -0.2) is 9.97 Å². The fourth-order valence-electron chi connectivity index (χ4n) is 2.13. The Morgan fingerprint density at radius 2 is 2.07 bits per heavy atom. The fourth-order valence-corrected chi connectivity index (χ4v) is 2.13. The Morgan fingerprint density at radius 1 is 1.27 bits per heavy atom. The van der Waals surface area contributed by atoms with E-state index in [0.29, 0.717) is 12.5 Å². The van der Waals surface area contributed by atoms with Gasteiger partial charge in [-0.1, -0.05) is 13.8 Å². The minimum absolute atomic E-state index is 0.410. The first-order chi connectivity index (χ1) is 7.22. The van der Waals surface area contributed by atoms with Gasteiger partial charge in [-0.15, -0.1) is 0 Å². The lowest BCUT2D eigenvalue weighted by atomic mass is 10.1. The van der Waals surface area contributed by atoms with E-state index in [4.69, 9.17) is 5.73 Å². The summed E-state index contributed by atoms with van der Waals surface area (Å²) >= 11 is 0. The highest BCUT2D eigenvalue weighted by Crippen LogP contribution is 2.24. The van der Waals surface area contributed by atoms with E-state index in [9.17, 15) is 0 Å². The summed E-state index contributed by atoms with van der Waals surface area (Å²) < 4.78 is 0. The average Bonchev–Trinajstić information content (AvgIpc) is 2.65. The largest absolute Gasteiger partial charge is 0.330 e. The van der Waals surface area contributed by atoms with E-state index in [0.717, 1.165) is 25.1 Å². The summed E-state index contributed by atoms with van der Waals surface area (Å²) in [6.45, 7) is 4.97. The second kappa shape index (κ2) is 4.27. The number of nitrogens with two attached hydrogens (primary N) is 1. The van der Waals surface area contributed by atoms with Gasteiger partial charge in [-0.2, -0.15) is 0 Å². The molecule has 0 saturated carbocycles. The average molecular weight is 205 g/mol. The van der Waals surface area contributed by atoms with Crippen LogP contribution in [0.3, 0.4) is 0 Å². The quantitative estimate of drug-likeness (QED) is 0.815. The first-order valence-corrected chi connectivity index (χ1v) is 5.81. The van der Waals surface area contributed by atoms with E-state index >= 15 is 0 Å². The maximum Gasteiger partial charge on any atom is 0.131 e. The second-order valence-electron chi connectivity index (χ2n) is 4.50. The predicted octanol–water partition coefficient (Wildman–Crippen LogP) is 1.59. The molecule has 3 nitrogen and oxygen atoms in total. The van der Waals surface area contributed by atoms with Gasteiger partial charge in [-0.3, -0.25) is 0 Å². The van der Waals surface area contributed by atoms with Crippen LogP contribution < -0.4 is 5.73 Å². The SMILES string of the molecule is CC(C)c1nc(CCN)c2c(n1)CCC2. The maximum absolute atomic E-state index is 5.62. The Morgan fingerprint density at radius 3 is 2.73 bits per heavy atom. The van der Waals surface area contributed by atoms with Crippen molar-refractivity contribution in [1.82, 2.24) is 9.97 Å². The van der Waals surface area contributed by atoms with Crippen LogP contribution in [0.5, 0.6) is 0 Å². The highest BCUT2D eigenvalue weighted by Gasteiger charge is 2.19. The molecule has 1 aromatic rings. The van der Waals surface area contributed by atoms with Crippen LogP contribution in [-0.2, 0) is 19.3 Å². The molecule has 0 amide bonds. The molecule has 3 heteroatoms. The van der Waals surface area contributed by atoms with Gasteiger partial charge in [-0.05, 0) is 31.4 Å². The van der Waals surface area contributed by atoms with Crippen molar-refractivity contribution in [2.24, 2.45) is 5.73 Å². The molecule has 0 aliphatic heterocycles. The minimum atomic E-state index is 0.410. The van der Waals surface area contributed by atoms with E-state index in [1.807, 2.05) is 0 Å². The zero-order valence-corrected chi connectivity index (χ0v) is 9.58. The summed E-state index contributed by atoms with van der Waals surface area (Å²) in [5.41, 5.74) is 9.47. The lowest BCUT2D eigenvalue weighted by Gasteiger charge is -2.11. The molecular weight excluding hydrogens is 186 g/mol. The summed E-state index contributed by atoms with van der Waals surface area (Å²) in [7, 11) is 0.